The second-order valence-electron chi connectivity index (χ2n) is 5.45. The molecule has 0 bridgehead atoms. The zero-order chi connectivity index (χ0) is 18.4. The summed E-state index contributed by atoms with van der Waals surface area (Å²) in [6.45, 7) is 1.78. The molecule has 0 aliphatic carbocycles. The van der Waals surface area contributed by atoms with E-state index in [1.54, 1.807) is 43.3 Å². The van der Waals surface area contributed by atoms with Crippen LogP contribution in [0.2, 0.25) is 0 Å². The Balaban J connectivity index is 1.90. The molecule has 0 saturated heterocycles. The summed E-state index contributed by atoms with van der Waals surface area (Å²) in [5.41, 5.74) is 1.34. The highest BCUT2D eigenvalue weighted by molar-refractivity contribution is 7.89. The molecule has 8 heteroatoms. The van der Waals surface area contributed by atoms with Gasteiger partial charge in [0.15, 0.2) is 0 Å². The van der Waals surface area contributed by atoms with Crippen molar-refractivity contribution in [2.45, 2.75) is 18.2 Å². The Labute approximate surface area is 146 Å². The van der Waals surface area contributed by atoms with Gasteiger partial charge in [-0.1, -0.05) is 24.3 Å². The molecular formula is C17H19N3O4S. The number of benzene rings is 2. The smallest absolute Gasteiger partial charge is 0.251 e. The molecule has 0 heterocycles. The second kappa shape index (κ2) is 7.91. The maximum atomic E-state index is 11.9. The first-order valence-electron chi connectivity index (χ1n) is 7.54. The molecule has 2 rings (SSSR count). The minimum absolute atomic E-state index is 0.0392. The summed E-state index contributed by atoms with van der Waals surface area (Å²) in [5, 5.41) is 10.4. The second-order valence-corrected chi connectivity index (χ2v) is 6.98. The Morgan fingerprint density at radius 2 is 1.76 bits per heavy atom. The van der Waals surface area contributed by atoms with Crippen LogP contribution in [0, 0.1) is 6.92 Å². The van der Waals surface area contributed by atoms with E-state index in [1.807, 2.05) is 6.07 Å². The van der Waals surface area contributed by atoms with E-state index in [1.165, 1.54) is 6.07 Å². The highest BCUT2D eigenvalue weighted by Crippen LogP contribution is 2.19. The third kappa shape index (κ3) is 5.40. The van der Waals surface area contributed by atoms with Gasteiger partial charge in [0.05, 0.1) is 4.90 Å². The summed E-state index contributed by atoms with van der Waals surface area (Å²) in [7, 11) is -3.86. The zero-order valence-corrected chi connectivity index (χ0v) is 14.5. The Morgan fingerprint density at radius 1 is 1.08 bits per heavy atom. The van der Waals surface area contributed by atoms with Gasteiger partial charge in [-0.15, -0.1) is 0 Å². The molecule has 7 nitrogen and oxygen atoms in total. The number of nitrogens with one attached hydrogen (secondary N) is 2. The minimum Gasteiger partial charge on any atom is -0.352 e. The average molecular weight is 361 g/mol. The zero-order valence-electron chi connectivity index (χ0n) is 13.7. The van der Waals surface area contributed by atoms with E-state index in [0.717, 1.165) is 0 Å². The number of nitrogens with two attached hydrogens (primary N) is 1. The first-order chi connectivity index (χ1) is 11.8. The van der Waals surface area contributed by atoms with Gasteiger partial charge in [0.2, 0.25) is 15.9 Å². The number of carbonyl (C=O) groups is 2. The molecule has 0 spiro atoms. The Hall–Kier alpha value is -2.71. The van der Waals surface area contributed by atoms with Gasteiger partial charge in [-0.25, -0.2) is 13.6 Å². The number of carbonyl (C=O) groups excluding carboxylic acids is 2. The van der Waals surface area contributed by atoms with E-state index in [4.69, 9.17) is 5.14 Å². The van der Waals surface area contributed by atoms with Gasteiger partial charge in [0.25, 0.3) is 5.91 Å². The lowest BCUT2D eigenvalue weighted by Crippen LogP contribution is -2.27. The number of sulfonamides is 1. The Morgan fingerprint density at radius 3 is 2.40 bits per heavy atom. The maximum absolute atomic E-state index is 11.9. The van der Waals surface area contributed by atoms with Crippen molar-refractivity contribution < 1.29 is 18.0 Å². The van der Waals surface area contributed by atoms with Crippen LogP contribution in [0.1, 0.15) is 22.3 Å². The summed E-state index contributed by atoms with van der Waals surface area (Å²) in [6.07, 6.45) is 0.0527. The van der Waals surface area contributed by atoms with Gasteiger partial charge in [0.1, 0.15) is 0 Å². The monoisotopic (exact) mass is 361 g/mol. The van der Waals surface area contributed by atoms with E-state index in [2.05, 4.69) is 10.6 Å². The predicted octanol–water partition coefficient (Wildman–Crippen LogP) is 1.40. The van der Waals surface area contributed by atoms with Crippen LogP contribution in [-0.4, -0.2) is 26.8 Å². The van der Waals surface area contributed by atoms with E-state index in [-0.39, 0.29) is 29.7 Å². The number of anilines is 1. The van der Waals surface area contributed by atoms with Crippen molar-refractivity contribution in [3.63, 3.8) is 0 Å². The SMILES string of the molecule is Cc1ccc(NC(=O)CCNC(=O)c2ccccc2)cc1S(N)(=O)=O. The highest BCUT2D eigenvalue weighted by atomic mass is 32.2. The van der Waals surface area contributed by atoms with E-state index in [9.17, 15) is 18.0 Å². The molecule has 0 unspecified atom stereocenters. The number of hydrogen-bond acceptors (Lipinski definition) is 4. The average Bonchev–Trinajstić information content (AvgIpc) is 2.56. The first kappa shape index (κ1) is 18.6. The molecule has 2 amide bonds. The van der Waals surface area contributed by atoms with E-state index in [0.29, 0.717) is 16.8 Å². The van der Waals surface area contributed by atoms with Crippen LogP contribution in [0.5, 0.6) is 0 Å². The van der Waals surface area contributed by atoms with Crippen LogP contribution in [0.15, 0.2) is 53.4 Å². The number of hydrogen-bond donors (Lipinski definition) is 3. The van der Waals surface area contributed by atoms with Crippen LogP contribution in [-0.2, 0) is 14.8 Å². The molecule has 0 saturated carbocycles. The summed E-state index contributed by atoms with van der Waals surface area (Å²) in [6, 6.07) is 13.1. The van der Waals surface area contributed by atoms with Gasteiger partial charge in [-0.3, -0.25) is 9.59 Å². The molecular weight excluding hydrogens is 342 g/mol. The van der Waals surface area contributed by atoms with Crippen molar-refractivity contribution in [3.05, 3.63) is 59.7 Å². The summed E-state index contributed by atoms with van der Waals surface area (Å²) in [5.74, 6) is -0.613. The lowest BCUT2D eigenvalue weighted by Gasteiger charge is -2.09. The predicted molar refractivity (Wildman–Crippen MR) is 94.6 cm³/mol. The van der Waals surface area contributed by atoms with Crippen molar-refractivity contribution in [3.8, 4) is 0 Å². The summed E-state index contributed by atoms with van der Waals surface area (Å²) < 4.78 is 23.0. The first-order valence-corrected chi connectivity index (χ1v) is 9.08. The van der Waals surface area contributed by atoms with Crippen molar-refractivity contribution in [1.82, 2.24) is 5.32 Å². The maximum Gasteiger partial charge on any atom is 0.251 e. The largest absolute Gasteiger partial charge is 0.352 e. The van der Waals surface area contributed by atoms with Gasteiger partial charge in [-0.05, 0) is 36.8 Å². The van der Waals surface area contributed by atoms with Crippen LogP contribution in [0.4, 0.5) is 5.69 Å². The molecule has 25 heavy (non-hydrogen) atoms. The lowest BCUT2D eigenvalue weighted by molar-refractivity contribution is -0.116. The van der Waals surface area contributed by atoms with Crippen molar-refractivity contribution >= 4 is 27.5 Å². The molecule has 0 radical (unpaired) electrons. The fraction of sp³-hybridized carbons (Fsp3) is 0.176. The molecule has 0 atom stereocenters. The molecule has 2 aromatic rings. The van der Waals surface area contributed by atoms with Crippen LogP contribution in [0.25, 0.3) is 0 Å². The number of aryl methyl sites for hydroxylation is 1. The molecule has 0 aromatic heterocycles. The quantitative estimate of drug-likeness (QED) is 0.720. The molecule has 4 N–H and O–H groups in total. The van der Waals surface area contributed by atoms with Crippen molar-refractivity contribution in [2.75, 3.05) is 11.9 Å². The Bertz CT molecular complexity index is 880. The summed E-state index contributed by atoms with van der Waals surface area (Å²) in [4.78, 5) is 23.7. The third-order valence-corrected chi connectivity index (χ3v) is 4.50. The van der Waals surface area contributed by atoms with Gasteiger partial charge in [0, 0.05) is 24.2 Å². The number of primary sulfonamides is 1. The normalized spacial score (nSPS) is 11.0. The minimum atomic E-state index is -3.86. The molecule has 132 valence electrons. The standard InChI is InChI=1S/C17H19N3O4S/c1-12-7-8-14(11-15(12)25(18,23)24)20-16(21)9-10-19-17(22)13-5-3-2-4-6-13/h2-8,11H,9-10H2,1H3,(H,19,22)(H,20,21)(H2,18,23,24). The third-order valence-electron chi connectivity index (χ3n) is 3.45. The molecule has 0 aliphatic heterocycles. The van der Waals surface area contributed by atoms with Crippen molar-refractivity contribution in [2.24, 2.45) is 5.14 Å². The topological polar surface area (TPSA) is 118 Å². The number of amides is 2. The molecule has 0 aliphatic rings. The highest BCUT2D eigenvalue weighted by Gasteiger charge is 2.13. The van der Waals surface area contributed by atoms with E-state index >= 15 is 0 Å². The number of rotatable bonds is 6. The van der Waals surface area contributed by atoms with Crippen LogP contribution < -0.4 is 15.8 Å². The molecule has 0 fully saturated rings. The fourth-order valence-corrected chi connectivity index (χ4v) is 3.00. The summed E-state index contributed by atoms with van der Waals surface area (Å²) >= 11 is 0. The fourth-order valence-electron chi connectivity index (χ4n) is 2.19. The van der Waals surface area contributed by atoms with Gasteiger partial charge in [-0.2, -0.15) is 0 Å². The van der Waals surface area contributed by atoms with Crippen molar-refractivity contribution in [1.29, 1.82) is 0 Å². The molecule has 2 aromatic carbocycles. The van der Waals surface area contributed by atoms with E-state index < -0.39 is 10.0 Å². The lowest BCUT2D eigenvalue weighted by atomic mass is 10.2. The van der Waals surface area contributed by atoms with Crippen LogP contribution in [0.3, 0.4) is 0 Å². The van der Waals surface area contributed by atoms with Gasteiger partial charge >= 0.3 is 0 Å². The van der Waals surface area contributed by atoms with Crippen LogP contribution >= 0.6 is 0 Å². The van der Waals surface area contributed by atoms with Gasteiger partial charge < -0.3 is 10.6 Å². The Kier molecular flexibility index (Phi) is 5.89.